The Labute approximate surface area is 450 Å². The number of esters is 3. The van der Waals surface area contributed by atoms with E-state index in [1.807, 2.05) is 0 Å². The highest BCUT2D eigenvalue weighted by Gasteiger charge is 2.19. The predicted molar refractivity (Wildman–Crippen MR) is 316 cm³/mol. The lowest BCUT2D eigenvalue weighted by atomic mass is 10.1. The van der Waals surface area contributed by atoms with Gasteiger partial charge < -0.3 is 14.2 Å². The number of carbonyl (C=O) groups excluding carboxylic acids is 3. The van der Waals surface area contributed by atoms with Crippen LogP contribution < -0.4 is 0 Å². The van der Waals surface area contributed by atoms with Crippen LogP contribution in [-0.2, 0) is 28.6 Å². The quantitative estimate of drug-likeness (QED) is 0.0261. The standard InChI is InChI=1S/C67H110O6/c1-4-7-10-13-16-19-22-25-28-31-33-36-39-42-45-48-51-54-57-60-66(69)72-63-64(62-71-65(68)59-56-53-50-47-44-41-38-35-30-27-24-21-18-15-12-9-6-3)73-67(70)61-58-55-52-49-46-43-40-37-34-32-29-26-23-20-17-14-11-8-5-2/h16-21,25-30,33-34,36-37,42-43,45-46,64H,4-15,22-24,31-32,35,38-41,44,47-63H2,1-3H3/b19-16-,20-17-,21-18-,28-25-,29-26-,30-27-,36-33-,37-34-,45-42-,46-43-/t64-/m0/s1. The van der Waals surface area contributed by atoms with Gasteiger partial charge in [0, 0.05) is 19.3 Å². The van der Waals surface area contributed by atoms with E-state index in [-0.39, 0.29) is 37.5 Å². The highest BCUT2D eigenvalue weighted by atomic mass is 16.6. The fraction of sp³-hybridized carbons (Fsp3) is 0.657. The first kappa shape index (κ1) is 68.8. The molecule has 0 heterocycles. The summed E-state index contributed by atoms with van der Waals surface area (Å²) in [6, 6.07) is 0. The van der Waals surface area contributed by atoms with Gasteiger partial charge in [0.1, 0.15) is 13.2 Å². The van der Waals surface area contributed by atoms with Gasteiger partial charge in [0.2, 0.25) is 0 Å². The van der Waals surface area contributed by atoms with Crippen LogP contribution in [0.3, 0.4) is 0 Å². The highest BCUT2D eigenvalue weighted by Crippen LogP contribution is 2.13. The molecule has 0 aromatic carbocycles. The summed E-state index contributed by atoms with van der Waals surface area (Å²) in [5.74, 6) is -0.978. The van der Waals surface area contributed by atoms with Crippen molar-refractivity contribution in [1.29, 1.82) is 0 Å². The zero-order chi connectivity index (χ0) is 52.9. The van der Waals surface area contributed by atoms with E-state index in [0.717, 1.165) is 116 Å². The Balaban J connectivity index is 4.54. The second kappa shape index (κ2) is 60.4. The third kappa shape index (κ3) is 58.6. The molecule has 414 valence electrons. The number of ether oxygens (including phenoxy) is 3. The van der Waals surface area contributed by atoms with Crippen molar-refractivity contribution < 1.29 is 28.6 Å². The molecule has 0 aromatic heterocycles. The molecule has 0 spiro atoms. The number of carbonyl (C=O) groups is 3. The molecular formula is C67H110O6. The Kier molecular flexibility index (Phi) is 56.9. The lowest BCUT2D eigenvalue weighted by Gasteiger charge is -2.18. The first-order valence-electron chi connectivity index (χ1n) is 30.0. The van der Waals surface area contributed by atoms with Crippen LogP contribution in [0.5, 0.6) is 0 Å². The third-order valence-electron chi connectivity index (χ3n) is 12.4. The summed E-state index contributed by atoms with van der Waals surface area (Å²) in [5.41, 5.74) is 0. The van der Waals surface area contributed by atoms with Gasteiger partial charge in [-0.15, -0.1) is 0 Å². The summed E-state index contributed by atoms with van der Waals surface area (Å²) in [5, 5.41) is 0. The van der Waals surface area contributed by atoms with Gasteiger partial charge in [0.15, 0.2) is 6.10 Å². The van der Waals surface area contributed by atoms with E-state index in [0.29, 0.717) is 19.3 Å². The van der Waals surface area contributed by atoms with Crippen LogP contribution >= 0.6 is 0 Å². The minimum absolute atomic E-state index is 0.108. The topological polar surface area (TPSA) is 78.9 Å². The van der Waals surface area contributed by atoms with Gasteiger partial charge in [-0.25, -0.2) is 0 Å². The molecule has 0 N–H and O–H groups in total. The van der Waals surface area contributed by atoms with Gasteiger partial charge in [-0.1, -0.05) is 226 Å². The van der Waals surface area contributed by atoms with Gasteiger partial charge >= 0.3 is 17.9 Å². The lowest BCUT2D eigenvalue weighted by molar-refractivity contribution is -0.167. The van der Waals surface area contributed by atoms with Crippen molar-refractivity contribution in [3.8, 4) is 0 Å². The number of hydrogen-bond acceptors (Lipinski definition) is 6. The average Bonchev–Trinajstić information content (AvgIpc) is 3.39. The second-order valence-corrected chi connectivity index (χ2v) is 19.5. The second-order valence-electron chi connectivity index (χ2n) is 19.5. The maximum absolute atomic E-state index is 12.9. The van der Waals surface area contributed by atoms with Gasteiger partial charge in [0.05, 0.1) is 0 Å². The Morgan fingerprint density at radius 3 is 0.781 bits per heavy atom. The molecule has 6 nitrogen and oxygen atoms in total. The molecule has 0 aliphatic rings. The Hall–Kier alpha value is -4.19. The fourth-order valence-electron chi connectivity index (χ4n) is 7.85. The Bertz CT molecular complexity index is 1540. The zero-order valence-electron chi connectivity index (χ0n) is 47.4. The molecule has 0 saturated carbocycles. The summed E-state index contributed by atoms with van der Waals surface area (Å²) in [6.07, 6.45) is 83.2. The van der Waals surface area contributed by atoms with Crippen LogP contribution in [0.25, 0.3) is 0 Å². The average molecular weight is 1010 g/mol. The largest absolute Gasteiger partial charge is 0.462 e. The van der Waals surface area contributed by atoms with E-state index >= 15 is 0 Å². The molecular weight excluding hydrogens is 901 g/mol. The van der Waals surface area contributed by atoms with E-state index in [1.165, 1.54) is 103 Å². The SMILES string of the molecule is CCCCC/C=C\C/C=C\C/C=C\C/C=C\CCCCCC(=O)OC[C@H](COC(=O)CCCCCCCCC/C=C\C/C=C\CCCCC)OC(=O)CCCCC/C=C\C/C=C\C/C=C\C/C=C\CCCCC. The van der Waals surface area contributed by atoms with Crippen molar-refractivity contribution >= 4 is 17.9 Å². The minimum atomic E-state index is -0.816. The monoisotopic (exact) mass is 1010 g/mol. The van der Waals surface area contributed by atoms with Crippen molar-refractivity contribution in [1.82, 2.24) is 0 Å². The molecule has 0 aromatic rings. The van der Waals surface area contributed by atoms with Crippen LogP contribution in [0, 0.1) is 0 Å². The summed E-state index contributed by atoms with van der Waals surface area (Å²) in [6.45, 7) is 6.50. The van der Waals surface area contributed by atoms with Gasteiger partial charge in [-0.2, -0.15) is 0 Å². The molecule has 0 rings (SSSR count). The van der Waals surface area contributed by atoms with Crippen molar-refractivity contribution in [2.45, 2.75) is 271 Å². The van der Waals surface area contributed by atoms with E-state index < -0.39 is 6.10 Å². The molecule has 0 fully saturated rings. The maximum atomic E-state index is 12.9. The first-order valence-corrected chi connectivity index (χ1v) is 30.0. The van der Waals surface area contributed by atoms with Crippen molar-refractivity contribution in [2.75, 3.05) is 13.2 Å². The van der Waals surface area contributed by atoms with Crippen LogP contribution in [0.1, 0.15) is 265 Å². The van der Waals surface area contributed by atoms with Crippen LogP contribution in [-0.4, -0.2) is 37.2 Å². The van der Waals surface area contributed by atoms with E-state index in [1.54, 1.807) is 0 Å². The predicted octanol–water partition coefficient (Wildman–Crippen LogP) is 20.4. The molecule has 73 heavy (non-hydrogen) atoms. The van der Waals surface area contributed by atoms with E-state index in [2.05, 4.69) is 142 Å². The third-order valence-corrected chi connectivity index (χ3v) is 12.4. The summed E-state index contributed by atoms with van der Waals surface area (Å²) < 4.78 is 16.8. The molecule has 0 saturated heterocycles. The van der Waals surface area contributed by atoms with Crippen LogP contribution in [0.15, 0.2) is 122 Å². The van der Waals surface area contributed by atoms with Gasteiger partial charge in [-0.3, -0.25) is 14.4 Å². The molecule has 0 amide bonds. The fourth-order valence-corrected chi connectivity index (χ4v) is 7.85. The number of allylic oxidation sites excluding steroid dienone is 20. The summed E-state index contributed by atoms with van der Waals surface area (Å²) in [7, 11) is 0. The number of unbranched alkanes of at least 4 members (excludes halogenated alkanes) is 22. The van der Waals surface area contributed by atoms with Gasteiger partial charge in [0.25, 0.3) is 0 Å². The molecule has 1 atom stereocenters. The Morgan fingerprint density at radius 2 is 0.493 bits per heavy atom. The van der Waals surface area contributed by atoms with Crippen molar-refractivity contribution in [3.63, 3.8) is 0 Å². The lowest BCUT2D eigenvalue weighted by Crippen LogP contribution is -2.30. The van der Waals surface area contributed by atoms with Crippen molar-refractivity contribution in [2.24, 2.45) is 0 Å². The summed E-state index contributed by atoms with van der Waals surface area (Å²) in [4.78, 5) is 38.2. The van der Waals surface area contributed by atoms with Crippen LogP contribution in [0.2, 0.25) is 0 Å². The zero-order valence-corrected chi connectivity index (χ0v) is 47.4. The maximum Gasteiger partial charge on any atom is 0.306 e. The molecule has 0 bridgehead atoms. The van der Waals surface area contributed by atoms with Crippen molar-refractivity contribution in [3.05, 3.63) is 122 Å². The normalized spacial score (nSPS) is 13.0. The van der Waals surface area contributed by atoms with E-state index in [9.17, 15) is 14.4 Å². The first-order chi connectivity index (χ1) is 36.0. The Morgan fingerprint density at radius 1 is 0.274 bits per heavy atom. The highest BCUT2D eigenvalue weighted by molar-refractivity contribution is 5.71. The molecule has 0 aliphatic carbocycles. The number of rotatable bonds is 53. The molecule has 6 heteroatoms. The molecule has 0 radical (unpaired) electrons. The summed E-state index contributed by atoms with van der Waals surface area (Å²) >= 11 is 0. The molecule has 0 unspecified atom stereocenters. The molecule has 0 aliphatic heterocycles. The minimum Gasteiger partial charge on any atom is -0.462 e. The number of hydrogen-bond donors (Lipinski definition) is 0. The van der Waals surface area contributed by atoms with Gasteiger partial charge in [-0.05, 0) is 141 Å². The smallest absolute Gasteiger partial charge is 0.306 e. The van der Waals surface area contributed by atoms with E-state index in [4.69, 9.17) is 14.2 Å². The van der Waals surface area contributed by atoms with Crippen LogP contribution in [0.4, 0.5) is 0 Å².